The second-order valence-corrected chi connectivity index (χ2v) is 7.75. The molecule has 1 fully saturated rings. The normalized spacial score (nSPS) is 18.6. The van der Waals surface area contributed by atoms with Crippen LogP contribution in [0.5, 0.6) is 5.75 Å². The summed E-state index contributed by atoms with van der Waals surface area (Å²) < 4.78 is 5.55. The molecule has 30 heavy (non-hydrogen) atoms. The lowest BCUT2D eigenvalue weighted by atomic mass is 9.75. The zero-order chi connectivity index (χ0) is 19.9. The third kappa shape index (κ3) is 5.23. The molecule has 3 aromatic carbocycles. The minimum atomic E-state index is 0. The maximum absolute atomic E-state index is 5.55. The van der Waals surface area contributed by atoms with Crippen LogP contribution in [0.3, 0.4) is 0 Å². The smallest absolute Gasteiger partial charge is 0.123 e. The van der Waals surface area contributed by atoms with Gasteiger partial charge in [0, 0.05) is 30.6 Å². The fraction of sp³-hybridized carbons (Fsp3) is 0.308. The molecule has 1 aliphatic rings. The highest BCUT2D eigenvalue weighted by Crippen LogP contribution is 2.36. The van der Waals surface area contributed by atoms with Crippen molar-refractivity contribution in [1.82, 2.24) is 10.6 Å². The Bertz CT molecular complexity index is 848. The molecular weight excluding hydrogens is 392 g/mol. The van der Waals surface area contributed by atoms with Gasteiger partial charge < -0.3 is 15.4 Å². The fourth-order valence-electron chi connectivity index (χ4n) is 4.58. The summed E-state index contributed by atoms with van der Waals surface area (Å²) in [6, 6.07) is 30.6. The molecule has 2 unspecified atom stereocenters. The fourth-order valence-corrected chi connectivity index (χ4v) is 4.58. The number of ether oxygens (including phenoxy) is 1. The Morgan fingerprint density at radius 2 is 1.50 bits per heavy atom. The van der Waals surface area contributed by atoms with Crippen LogP contribution in [0.15, 0.2) is 84.9 Å². The summed E-state index contributed by atoms with van der Waals surface area (Å²) in [4.78, 5) is 0. The quantitative estimate of drug-likeness (QED) is 0.561. The molecule has 2 atom stereocenters. The molecule has 4 rings (SSSR count). The lowest BCUT2D eigenvalue weighted by molar-refractivity contribution is 0.254. The minimum Gasteiger partial charge on any atom is -0.496 e. The van der Waals surface area contributed by atoms with Gasteiger partial charge in [-0.25, -0.2) is 0 Å². The maximum atomic E-state index is 5.55. The predicted molar refractivity (Wildman–Crippen MR) is 127 cm³/mol. The number of rotatable bonds is 7. The average molecular weight is 423 g/mol. The predicted octanol–water partition coefficient (Wildman–Crippen LogP) is 5.02. The third-order valence-corrected chi connectivity index (χ3v) is 6.02. The Labute approximate surface area is 186 Å². The highest BCUT2D eigenvalue weighted by atomic mass is 35.5. The summed E-state index contributed by atoms with van der Waals surface area (Å²) in [5.74, 6) is 1.79. The van der Waals surface area contributed by atoms with Crippen LogP contribution in [-0.4, -0.2) is 26.2 Å². The Morgan fingerprint density at radius 3 is 2.13 bits per heavy atom. The molecule has 1 saturated heterocycles. The van der Waals surface area contributed by atoms with Gasteiger partial charge in [0.05, 0.1) is 7.11 Å². The van der Waals surface area contributed by atoms with E-state index in [1.807, 2.05) is 12.1 Å². The molecule has 0 radical (unpaired) electrons. The molecule has 158 valence electrons. The average Bonchev–Trinajstić information content (AvgIpc) is 2.80. The molecule has 0 spiro atoms. The van der Waals surface area contributed by atoms with Crippen LogP contribution in [0.1, 0.15) is 29.0 Å². The number of benzene rings is 3. The number of hydrogen-bond donors (Lipinski definition) is 2. The topological polar surface area (TPSA) is 33.3 Å². The summed E-state index contributed by atoms with van der Waals surface area (Å²) in [7, 11) is 1.74. The summed E-state index contributed by atoms with van der Waals surface area (Å²) in [6.07, 6.45) is 1.12. The number of para-hydroxylation sites is 1. The lowest BCUT2D eigenvalue weighted by Crippen LogP contribution is -2.49. The van der Waals surface area contributed by atoms with E-state index in [1.54, 1.807) is 7.11 Å². The summed E-state index contributed by atoms with van der Waals surface area (Å²) in [6.45, 7) is 2.88. The Morgan fingerprint density at radius 1 is 0.900 bits per heavy atom. The van der Waals surface area contributed by atoms with E-state index in [2.05, 4.69) is 83.4 Å². The van der Waals surface area contributed by atoms with E-state index in [9.17, 15) is 0 Å². The van der Waals surface area contributed by atoms with E-state index in [4.69, 9.17) is 4.74 Å². The molecule has 0 bridgehead atoms. The van der Waals surface area contributed by atoms with Gasteiger partial charge >= 0.3 is 0 Å². The van der Waals surface area contributed by atoms with Crippen molar-refractivity contribution in [2.75, 3.05) is 20.2 Å². The van der Waals surface area contributed by atoms with Crippen molar-refractivity contribution in [2.45, 2.75) is 24.9 Å². The van der Waals surface area contributed by atoms with Crippen molar-refractivity contribution in [3.63, 3.8) is 0 Å². The monoisotopic (exact) mass is 422 g/mol. The SMILES string of the molecule is COc1ccccc1CNC1CCNCC1C(c1ccccc1)c1ccccc1.Cl. The van der Waals surface area contributed by atoms with Crippen LogP contribution in [0.25, 0.3) is 0 Å². The van der Waals surface area contributed by atoms with Crippen molar-refractivity contribution in [2.24, 2.45) is 5.92 Å². The molecule has 1 heterocycles. The number of hydrogen-bond acceptors (Lipinski definition) is 3. The van der Waals surface area contributed by atoms with Gasteiger partial charge in [-0.15, -0.1) is 12.4 Å². The minimum absolute atomic E-state index is 0. The molecular formula is C26H31ClN2O. The Balaban J connectivity index is 0.00000256. The van der Waals surface area contributed by atoms with Gasteiger partial charge in [-0.05, 0) is 36.1 Å². The molecule has 2 N–H and O–H groups in total. The van der Waals surface area contributed by atoms with Gasteiger partial charge in [0.25, 0.3) is 0 Å². The molecule has 4 heteroatoms. The van der Waals surface area contributed by atoms with Crippen LogP contribution >= 0.6 is 12.4 Å². The van der Waals surface area contributed by atoms with E-state index in [0.717, 1.165) is 31.8 Å². The van der Waals surface area contributed by atoms with Crippen molar-refractivity contribution in [3.05, 3.63) is 102 Å². The van der Waals surface area contributed by atoms with Gasteiger partial charge in [0.15, 0.2) is 0 Å². The first kappa shape index (κ1) is 22.4. The second-order valence-electron chi connectivity index (χ2n) is 7.75. The highest BCUT2D eigenvalue weighted by molar-refractivity contribution is 5.85. The van der Waals surface area contributed by atoms with Crippen LogP contribution in [-0.2, 0) is 6.54 Å². The third-order valence-electron chi connectivity index (χ3n) is 6.02. The van der Waals surface area contributed by atoms with E-state index in [0.29, 0.717) is 17.9 Å². The first-order chi connectivity index (χ1) is 14.4. The molecule has 0 aromatic heterocycles. The van der Waals surface area contributed by atoms with Crippen LogP contribution < -0.4 is 15.4 Å². The van der Waals surface area contributed by atoms with Gasteiger partial charge in [0.2, 0.25) is 0 Å². The maximum Gasteiger partial charge on any atom is 0.123 e. The second kappa shape index (κ2) is 11.2. The van der Waals surface area contributed by atoms with E-state index >= 15 is 0 Å². The number of halogens is 1. The van der Waals surface area contributed by atoms with Gasteiger partial charge in [-0.3, -0.25) is 0 Å². The largest absolute Gasteiger partial charge is 0.496 e. The number of piperidine rings is 1. The standard InChI is InChI=1S/C26H30N2O.ClH/c1-29-25-15-9-8-14-22(25)18-28-24-16-17-27-19-23(24)26(20-10-4-2-5-11-20)21-12-6-3-7-13-21;/h2-15,23-24,26-28H,16-19H2,1H3;1H. The van der Waals surface area contributed by atoms with E-state index in [1.165, 1.54) is 16.7 Å². The first-order valence-electron chi connectivity index (χ1n) is 10.5. The van der Waals surface area contributed by atoms with E-state index < -0.39 is 0 Å². The zero-order valence-corrected chi connectivity index (χ0v) is 18.3. The van der Waals surface area contributed by atoms with Crippen LogP contribution in [0, 0.1) is 5.92 Å². The number of methoxy groups -OCH3 is 1. The first-order valence-corrected chi connectivity index (χ1v) is 10.5. The molecule has 3 aromatic rings. The molecule has 0 aliphatic carbocycles. The molecule has 1 aliphatic heterocycles. The highest BCUT2D eigenvalue weighted by Gasteiger charge is 2.33. The molecule has 0 saturated carbocycles. The van der Waals surface area contributed by atoms with Crippen LogP contribution in [0.2, 0.25) is 0 Å². The van der Waals surface area contributed by atoms with Crippen molar-refractivity contribution in [1.29, 1.82) is 0 Å². The molecule has 3 nitrogen and oxygen atoms in total. The summed E-state index contributed by atoms with van der Waals surface area (Å²) in [5.41, 5.74) is 3.98. The number of nitrogens with one attached hydrogen (secondary N) is 2. The lowest BCUT2D eigenvalue weighted by Gasteiger charge is -2.39. The van der Waals surface area contributed by atoms with Crippen molar-refractivity contribution < 1.29 is 4.74 Å². The zero-order valence-electron chi connectivity index (χ0n) is 17.5. The summed E-state index contributed by atoms with van der Waals surface area (Å²) in [5, 5.41) is 7.50. The molecule has 0 amide bonds. The van der Waals surface area contributed by atoms with Crippen molar-refractivity contribution in [3.8, 4) is 5.75 Å². The van der Waals surface area contributed by atoms with Gasteiger partial charge in [-0.2, -0.15) is 0 Å². The van der Waals surface area contributed by atoms with Crippen LogP contribution in [0.4, 0.5) is 0 Å². The van der Waals surface area contributed by atoms with Gasteiger partial charge in [0.1, 0.15) is 5.75 Å². The van der Waals surface area contributed by atoms with E-state index in [-0.39, 0.29) is 12.4 Å². The van der Waals surface area contributed by atoms with Gasteiger partial charge in [-0.1, -0.05) is 78.9 Å². The Hall–Kier alpha value is -2.33. The van der Waals surface area contributed by atoms with Crippen molar-refractivity contribution >= 4 is 12.4 Å². The Kier molecular flexibility index (Phi) is 8.32. The summed E-state index contributed by atoms with van der Waals surface area (Å²) >= 11 is 0.